The number of carbonyl (C=O) groups is 2. The van der Waals surface area contributed by atoms with Gasteiger partial charge in [-0.05, 0) is 36.2 Å². The predicted octanol–water partition coefficient (Wildman–Crippen LogP) is 4.03. The van der Waals surface area contributed by atoms with Crippen molar-refractivity contribution in [2.24, 2.45) is 0 Å². The minimum absolute atomic E-state index is 0.0281. The molecule has 2 aromatic carbocycles. The summed E-state index contributed by atoms with van der Waals surface area (Å²) in [4.78, 5) is 23.0. The van der Waals surface area contributed by atoms with E-state index >= 15 is 0 Å². The number of ether oxygens (including phenoxy) is 2. The number of aryl methyl sites for hydroxylation is 1. The molecular formula is C19H21ClN2O5. The van der Waals surface area contributed by atoms with Crippen molar-refractivity contribution in [1.29, 1.82) is 0 Å². The highest BCUT2D eigenvalue weighted by atomic mass is 35.5. The molecule has 0 aromatic heterocycles. The van der Waals surface area contributed by atoms with Crippen molar-refractivity contribution >= 4 is 35.0 Å². The van der Waals surface area contributed by atoms with Crippen molar-refractivity contribution in [2.75, 3.05) is 31.0 Å². The molecule has 0 aliphatic heterocycles. The number of amides is 2. The van der Waals surface area contributed by atoms with Gasteiger partial charge in [0.1, 0.15) is 6.61 Å². The number of nitrogens with one attached hydrogen (secondary N) is 2. The minimum atomic E-state index is -0.868. The second-order valence-corrected chi connectivity index (χ2v) is 6.04. The highest BCUT2D eigenvalue weighted by Gasteiger charge is 2.12. The van der Waals surface area contributed by atoms with Crippen LogP contribution in [0.2, 0.25) is 5.02 Å². The van der Waals surface area contributed by atoms with Crippen LogP contribution < -0.4 is 15.4 Å². The van der Waals surface area contributed by atoms with Crippen molar-refractivity contribution in [2.45, 2.75) is 12.8 Å². The Bertz CT molecular complexity index is 797. The third-order valence-electron chi connectivity index (χ3n) is 3.56. The molecule has 0 saturated heterocycles. The molecule has 0 radical (unpaired) electrons. The van der Waals surface area contributed by atoms with Gasteiger partial charge in [0, 0.05) is 19.2 Å². The van der Waals surface area contributed by atoms with E-state index in [1.54, 1.807) is 43.5 Å². The van der Waals surface area contributed by atoms with Crippen LogP contribution in [0.15, 0.2) is 42.5 Å². The number of hydrogen-bond acceptors (Lipinski definition) is 4. The summed E-state index contributed by atoms with van der Waals surface area (Å²) in [5.74, 6) is -0.505. The number of benzene rings is 2. The van der Waals surface area contributed by atoms with Gasteiger partial charge in [0.25, 0.3) is 0 Å². The van der Waals surface area contributed by atoms with Crippen LogP contribution in [0.4, 0.5) is 16.2 Å². The van der Waals surface area contributed by atoms with Crippen LogP contribution >= 0.6 is 11.6 Å². The van der Waals surface area contributed by atoms with Crippen molar-refractivity contribution in [3.63, 3.8) is 0 Å². The van der Waals surface area contributed by atoms with Gasteiger partial charge < -0.3 is 25.2 Å². The number of urea groups is 1. The van der Waals surface area contributed by atoms with E-state index in [1.807, 2.05) is 6.07 Å². The van der Waals surface area contributed by atoms with E-state index in [0.29, 0.717) is 41.8 Å². The number of aliphatic carboxylic acids is 1. The van der Waals surface area contributed by atoms with E-state index < -0.39 is 12.0 Å². The molecule has 0 bridgehead atoms. The van der Waals surface area contributed by atoms with E-state index in [2.05, 4.69) is 10.6 Å². The van der Waals surface area contributed by atoms with Gasteiger partial charge in [0.2, 0.25) is 0 Å². The maximum Gasteiger partial charge on any atom is 0.323 e. The van der Waals surface area contributed by atoms with Crippen molar-refractivity contribution in [1.82, 2.24) is 0 Å². The molecular weight excluding hydrogens is 372 g/mol. The minimum Gasteiger partial charge on any atom is -0.487 e. The van der Waals surface area contributed by atoms with Crippen LogP contribution in [-0.2, 0) is 16.0 Å². The number of halogens is 1. The SMILES string of the molecule is COCCOc1c(Cl)cccc1NC(=O)Nc1cccc(CCC(=O)O)c1. The lowest BCUT2D eigenvalue weighted by molar-refractivity contribution is -0.136. The fraction of sp³-hybridized carbons (Fsp3) is 0.263. The molecule has 7 nitrogen and oxygen atoms in total. The van der Waals surface area contributed by atoms with Crippen molar-refractivity contribution < 1.29 is 24.2 Å². The van der Waals surface area contributed by atoms with Crippen molar-refractivity contribution in [3.05, 3.63) is 53.1 Å². The van der Waals surface area contributed by atoms with Gasteiger partial charge in [0.05, 0.1) is 17.3 Å². The predicted molar refractivity (Wildman–Crippen MR) is 104 cm³/mol. The quantitative estimate of drug-likeness (QED) is 0.560. The molecule has 2 aromatic rings. The Morgan fingerprint density at radius 2 is 1.89 bits per heavy atom. The maximum atomic E-state index is 12.3. The first-order valence-electron chi connectivity index (χ1n) is 8.28. The maximum absolute atomic E-state index is 12.3. The first-order chi connectivity index (χ1) is 13.0. The summed E-state index contributed by atoms with van der Waals surface area (Å²) >= 11 is 6.15. The Morgan fingerprint density at radius 1 is 1.11 bits per heavy atom. The molecule has 0 saturated carbocycles. The van der Waals surface area contributed by atoms with Gasteiger partial charge in [-0.1, -0.05) is 29.8 Å². The molecule has 2 rings (SSSR count). The Balaban J connectivity index is 2.02. The highest BCUT2D eigenvalue weighted by Crippen LogP contribution is 2.33. The summed E-state index contributed by atoms with van der Waals surface area (Å²) in [6.07, 6.45) is 0.415. The first kappa shape index (κ1) is 20.5. The summed E-state index contributed by atoms with van der Waals surface area (Å²) in [5.41, 5.74) is 1.80. The lowest BCUT2D eigenvalue weighted by atomic mass is 10.1. The lowest BCUT2D eigenvalue weighted by Gasteiger charge is -2.14. The Kier molecular flexibility index (Phi) is 7.91. The fourth-order valence-electron chi connectivity index (χ4n) is 2.32. The van der Waals surface area contributed by atoms with E-state index in [-0.39, 0.29) is 6.42 Å². The van der Waals surface area contributed by atoms with Gasteiger partial charge >= 0.3 is 12.0 Å². The van der Waals surface area contributed by atoms with Gasteiger partial charge in [0.15, 0.2) is 5.75 Å². The zero-order chi connectivity index (χ0) is 19.6. The molecule has 0 aliphatic rings. The molecule has 27 heavy (non-hydrogen) atoms. The van der Waals surface area contributed by atoms with Gasteiger partial charge in [-0.3, -0.25) is 4.79 Å². The second kappa shape index (κ2) is 10.4. The first-order valence-corrected chi connectivity index (χ1v) is 8.66. The van der Waals surface area contributed by atoms with Crippen molar-refractivity contribution in [3.8, 4) is 5.75 Å². The third kappa shape index (κ3) is 6.80. The molecule has 3 N–H and O–H groups in total. The molecule has 0 spiro atoms. The molecule has 144 valence electrons. The summed E-state index contributed by atoms with van der Waals surface area (Å²) in [5, 5.41) is 14.6. The summed E-state index contributed by atoms with van der Waals surface area (Å²) < 4.78 is 10.5. The van der Waals surface area contributed by atoms with Gasteiger partial charge in [-0.2, -0.15) is 0 Å². The average molecular weight is 393 g/mol. The Labute approximate surface area is 162 Å². The van der Waals surface area contributed by atoms with E-state index in [0.717, 1.165) is 5.56 Å². The number of anilines is 2. The van der Waals surface area contributed by atoms with Crippen LogP contribution in [0.3, 0.4) is 0 Å². The van der Waals surface area contributed by atoms with E-state index in [4.69, 9.17) is 26.2 Å². The van der Waals surface area contributed by atoms with Crippen LogP contribution in [0, 0.1) is 0 Å². The fourth-order valence-corrected chi connectivity index (χ4v) is 2.55. The number of methoxy groups -OCH3 is 1. The lowest BCUT2D eigenvalue weighted by Crippen LogP contribution is -2.20. The number of hydrogen-bond donors (Lipinski definition) is 3. The third-order valence-corrected chi connectivity index (χ3v) is 3.86. The number of carbonyl (C=O) groups excluding carboxylic acids is 1. The number of carboxylic acid groups (broad SMARTS) is 1. The zero-order valence-electron chi connectivity index (χ0n) is 14.8. The summed E-state index contributed by atoms with van der Waals surface area (Å²) in [6, 6.07) is 11.6. The summed E-state index contributed by atoms with van der Waals surface area (Å²) in [7, 11) is 1.56. The monoisotopic (exact) mass is 392 g/mol. The molecule has 2 amide bonds. The van der Waals surface area contributed by atoms with Crippen LogP contribution in [0.5, 0.6) is 5.75 Å². The molecule has 8 heteroatoms. The number of carboxylic acids is 1. The standard InChI is InChI=1S/C19H21ClN2O5/c1-26-10-11-27-18-15(20)6-3-7-16(18)22-19(25)21-14-5-2-4-13(12-14)8-9-17(23)24/h2-7,12H,8-11H2,1H3,(H,23,24)(H2,21,22,25). The normalized spacial score (nSPS) is 10.3. The van der Waals surface area contributed by atoms with Gasteiger partial charge in [-0.15, -0.1) is 0 Å². The van der Waals surface area contributed by atoms with Crippen LogP contribution in [-0.4, -0.2) is 37.4 Å². The van der Waals surface area contributed by atoms with Gasteiger partial charge in [-0.25, -0.2) is 4.79 Å². The van der Waals surface area contributed by atoms with E-state index in [1.165, 1.54) is 0 Å². The molecule has 0 atom stereocenters. The molecule has 0 unspecified atom stereocenters. The van der Waals surface area contributed by atoms with E-state index in [9.17, 15) is 9.59 Å². The summed E-state index contributed by atoms with van der Waals surface area (Å²) in [6.45, 7) is 0.683. The topological polar surface area (TPSA) is 96.9 Å². The number of rotatable bonds is 9. The Hall–Kier alpha value is -2.77. The molecule has 0 heterocycles. The number of para-hydroxylation sites is 1. The second-order valence-electron chi connectivity index (χ2n) is 5.63. The van der Waals surface area contributed by atoms with Crippen LogP contribution in [0.25, 0.3) is 0 Å². The highest BCUT2D eigenvalue weighted by molar-refractivity contribution is 6.32. The Morgan fingerprint density at radius 3 is 2.63 bits per heavy atom. The molecule has 0 aliphatic carbocycles. The van der Waals surface area contributed by atoms with Crippen LogP contribution in [0.1, 0.15) is 12.0 Å². The largest absolute Gasteiger partial charge is 0.487 e. The zero-order valence-corrected chi connectivity index (χ0v) is 15.6. The average Bonchev–Trinajstić information content (AvgIpc) is 2.62. The molecule has 0 fully saturated rings. The smallest absolute Gasteiger partial charge is 0.323 e.